The van der Waals surface area contributed by atoms with E-state index in [2.05, 4.69) is 0 Å². The quantitative estimate of drug-likeness (QED) is 0.555. The number of hydrogen-bond acceptors (Lipinski definition) is 2. The number of aryl methyl sites for hydroxylation is 1. The standard InChI is InChI=1S/C13H20ClNO2/c1-3-12-11(7-10-17-12)13(16)15(2)9-6-4-5-8-14/h7,10H,3-6,8-9H2,1-2H3. The lowest BCUT2D eigenvalue weighted by atomic mass is 10.2. The second-order valence-corrected chi connectivity index (χ2v) is 4.47. The molecule has 0 unspecified atom stereocenters. The summed E-state index contributed by atoms with van der Waals surface area (Å²) in [7, 11) is 1.83. The van der Waals surface area contributed by atoms with Gasteiger partial charge in [-0.25, -0.2) is 0 Å². The maximum absolute atomic E-state index is 12.1. The van der Waals surface area contributed by atoms with Crippen molar-refractivity contribution in [3.05, 3.63) is 23.7 Å². The first-order valence-corrected chi connectivity index (χ1v) is 6.62. The highest BCUT2D eigenvalue weighted by Gasteiger charge is 2.16. The zero-order valence-corrected chi connectivity index (χ0v) is 11.3. The highest BCUT2D eigenvalue weighted by atomic mass is 35.5. The van der Waals surface area contributed by atoms with Gasteiger partial charge in [0.25, 0.3) is 5.91 Å². The number of halogens is 1. The highest BCUT2D eigenvalue weighted by molar-refractivity contribution is 6.17. The molecular formula is C13H20ClNO2. The highest BCUT2D eigenvalue weighted by Crippen LogP contribution is 2.13. The van der Waals surface area contributed by atoms with Crippen LogP contribution in [-0.4, -0.2) is 30.3 Å². The monoisotopic (exact) mass is 257 g/mol. The molecule has 0 aliphatic rings. The van der Waals surface area contributed by atoms with Crippen molar-refractivity contribution in [3.8, 4) is 0 Å². The van der Waals surface area contributed by atoms with E-state index in [1.165, 1.54) is 0 Å². The van der Waals surface area contributed by atoms with Crippen molar-refractivity contribution in [1.82, 2.24) is 4.90 Å². The normalized spacial score (nSPS) is 10.5. The van der Waals surface area contributed by atoms with Crippen LogP contribution >= 0.6 is 11.6 Å². The molecule has 0 N–H and O–H groups in total. The number of rotatable bonds is 7. The third-order valence-corrected chi connectivity index (χ3v) is 3.04. The van der Waals surface area contributed by atoms with Gasteiger partial charge in [-0.1, -0.05) is 13.3 Å². The van der Waals surface area contributed by atoms with E-state index in [1.807, 2.05) is 14.0 Å². The van der Waals surface area contributed by atoms with Crippen LogP contribution in [0.4, 0.5) is 0 Å². The Labute approximate surface area is 108 Å². The second-order valence-electron chi connectivity index (χ2n) is 4.09. The van der Waals surface area contributed by atoms with Gasteiger partial charge in [0.05, 0.1) is 11.8 Å². The third kappa shape index (κ3) is 4.08. The van der Waals surface area contributed by atoms with E-state index in [-0.39, 0.29) is 5.91 Å². The number of hydrogen-bond donors (Lipinski definition) is 0. The summed E-state index contributed by atoms with van der Waals surface area (Å²) in [5, 5.41) is 0. The Hall–Kier alpha value is -0.960. The molecule has 96 valence electrons. The van der Waals surface area contributed by atoms with Gasteiger partial charge in [0, 0.05) is 25.9 Å². The molecule has 0 saturated heterocycles. The van der Waals surface area contributed by atoms with Crippen LogP contribution in [0.3, 0.4) is 0 Å². The molecule has 1 aromatic heterocycles. The van der Waals surface area contributed by atoms with Crippen LogP contribution in [0.5, 0.6) is 0 Å². The van der Waals surface area contributed by atoms with E-state index in [0.29, 0.717) is 11.4 Å². The van der Waals surface area contributed by atoms with E-state index in [9.17, 15) is 4.79 Å². The lowest BCUT2D eigenvalue weighted by molar-refractivity contribution is 0.0790. The lowest BCUT2D eigenvalue weighted by Crippen LogP contribution is -2.28. The molecule has 0 saturated carbocycles. The molecule has 17 heavy (non-hydrogen) atoms. The minimum Gasteiger partial charge on any atom is -0.469 e. The van der Waals surface area contributed by atoms with Gasteiger partial charge < -0.3 is 9.32 Å². The molecule has 0 bridgehead atoms. The summed E-state index contributed by atoms with van der Waals surface area (Å²) in [5.41, 5.74) is 0.687. The van der Waals surface area contributed by atoms with Crippen LogP contribution in [0.2, 0.25) is 0 Å². The average molecular weight is 258 g/mol. The number of carbonyl (C=O) groups is 1. The molecule has 1 amide bonds. The minimum atomic E-state index is 0.0430. The predicted octanol–water partition coefficient (Wildman–Crippen LogP) is 3.32. The number of nitrogens with zero attached hydrogens (tertiary/aromatic N) is 1. The first kappa shape index (κ1) is 14.1. The van der Waals surface area contributed by atoms with Crippen LogP contribution in [-0.2, 0) is 6.42 Å². The Morgan fingerprint density at radius 3 is 2.82 bits per heavy atom. The Balaban J connectivity index is 2.46. The summed E-state index contributed by atoms with van der Waals surface area (Å²) in [6.45, 7) is 2.75. The van der Waals surface area contributed by atoms with E-state index >= 15 is 0 Å². The number of amides is 1. The Morgan fingerprint density at radius 2 is 2.18 bits per heavy atom. The fourth-order valence-corrected chi connectivity index (χ4v) is 1.92. The van der Waals surface area contributed by atoms with Gasteiger partial charge in [-0.05, 0) is 18.9 Å². The molecule has 1 aromatic rings. The second kappa shape index (κ2) is 7.38. The molecule has 4 heteroatoms. The average Bonchev–Trinajstić information content (AvgIpc) is 2.81. The first-order valence-electron chi connectivity index (χ1n) is 6.08. The molecule has 3 nitrogen and oxygen atoms in total. The van der Waals surface area contributed by atoms with Crippen molar-refractivity contribution in [2.24, 2.45) is 0 Å². The fraction of sp³-hybridized carbons (Fsp3) is 0.615. The fourth-order valence-electron chi connectivity index (χ4n) is 1.73. The third-order valence-electron chi connectivity index (χ3n) is 2.77. The molecule has 0 radical (unpaired) electrons. The first-order chi connectivity index (χ1) is 8.20. The van der Waals surface area contributed by atoms with Gasteiger partial charge in [-0.15, -0.1) is 11.6 Å². The topological polar surface area (TPSA) is 33.5 Å². The molecule has 0 atom stereocenters. The zero-order valence-electron chi connectivity index (χ0n) is 10.5. The van der Waals surface area contributed by atoms with Gasteiger partial charge in [0.15, 0.2) is 0 Å². The molecule has 0 aromatic carbocycles. The van der Waals surface area contributed by atoms with Crippen molar-refractivity contribution in [2.45, 2.75) is 32.6 Å². The Kier molecular flexibility index (Phi) is 6.12. The van der Waals surface area contributed by atoms with Gasteiger partial charge >= 0.3 is 0 Å². The van der Waals surface area contributed by atoms with Crippen molar-refractivity contribution >= 4 is 17.5 Å². The van der Waals surface area contributed by atoms with Gasteiger partial charge in [-0.3, -0.25) is 4.79 Å². The van der Waals surface area contributed by atoms with E-state index in [4.69, 9.17) is 16.0 Å². The summed E-state index contributed by atoms with van der Waals surface area (Å²) < 4.78 is 5.26. The van der Waals surface area contributed by atoms with Crippen LogP contribution in [0.25, 0.3) is 0 Å². The van der Waals surface area contributed by atoms with Gasteiger partial charge in [-0.2, -0.15) is 0 Å². The Bertz CT molecular complexity index is 349. The van der Waals surface area contributed by atoms with Crippen LogP contribution in [0.15, 0.2) is 16.7 Å². The smallest absolute Gasteiger partial charge is 0.257 e. The van der Waals surface area contributed by atoms with Crippen molar-refractivity contribution in [1.29, 1.82) is 0 Å². The van der Waals surface area contributed by atoms with Crippen molar-refractivity contribution in [2.75, 3.05) is 19.5 Å². The SMILES string of the molecule is CCc1occc1C(=O)N(C)CCCCCCl. The van der Waals surface area contributed by atoms with Crippen molar-refractivity contribution < 1.29 is 9.21 Å². The maximum atomic E-state index is 12.1. The van der Waals surface area contributed by atoms with E-state index in [0.717, 1.165) is 38.0 Å². The summed E-state index contributed by atoms with van der Waals surface area (Å²) in [6, 6.07) is 1.75. The molecular weight excluding hydrogens is 238 g/mol. The van der Waals surface area contributed by atoms with Crippen LogP contribution < -0.4 is 0 Å². The van der Waals surface area contributed by atoms with Crippen molar-refractivity contribution in [3.63, 3.8) is 0 Å². The summed E-state index contributed by atoms with van der Waals surface area (Å²) in [4.78, 5) is 13.8. The van der Waals surface area contributed by atoms with E-state index in [1.54, 1.807) is 17.2 Å². The maximum Gasteiger partial charge on any atom is 0.257 e. The lowest BCUT2D eigenvalue weighted by Gasteiger charge is -2.16. The summed E-state index contributed by atoms with van der Waals surface area (Å²) in [5.74, 6) is 1.50. The van der Waals surface area contributed by atoms with Crippen LogP contribution in [0.1, 0.15) is 42.3 Å². The molecule has 0 aliphatic heterocycles. The van der Waals surface area contributed by atoms with E-state index < -0.39 is 0 Å². The largest absolute Gasteiger partial charge is 0.469 e. The van der Waals surface area contributed by atoms with Gasteiger partial charge in [0.2, 0.25) is 0 Å². The summed E-state index contributed by atoms with van der Waals surface area (Å²) >= 11 is 5.61. The predicted molar refractivity (Wildman–Crippen MR) is 69.6 cm³/mol. The van der Waals surface area contributed by atoms with Gasteiger partial charge in [0.1, 0.15) is 5.76 Å². The zero-order chi connectivity index (χ0) is 12.7. The number of alkyl halides is 1. The molecule has 0 aliphatic carbocycles. The molecule has 1 heterocycles. The molecule has 0 spiro atoms. The van der Waals surface area contributed by atoms with Crippen LogP contribution in [0, 0.1) is 0 Å². The minimum absolute atomic E-state index is 0.0430. The molecule has 0 fully saturated rings. The Morgan fingerprint density at radius 1 is 1.41 bits per heavy atom. The summed E-state index contributed by atoms with van der Waals surface area (Å²) in [6.07, 6.45) is 5.39. The number of unbranched alkanes of at least 4 members (excludes halogenated alkanes) is 2. The number of furan rings is 1. The number of carbonyl (C=O) groups excluding carboxylic acids is 1. The molecule has 1 rings (SSSR count).